The van der Waals surface area contributed by atoms with Gasteiger partial charge in [-0.3, -0.25) is 15.5 Å². The molecule has 0 radical (unpaired) electrons. The molecule has 5 N–H and O–H groups in total. The van der Waals surface area contributed by atoms with Crippen molar-refractivity contribution in [3.63, 3.8) is 0 Å². The molecule has 3 aromatic rings. The van der Waals surface area contributed by atoms with Crippen LogP contribution in [-0.4, -0.2) is 33.7 Å². The van der Waals surface area contributed by atoms with Crippen molar-refractivity contribution in [1.82, 2.24) is 15.1 Å². The second-order valence-corrected chi connectivity index (χ2v) is 8.78. The number of hydrogen-bond acceptors (Lipinski definition) is 7. The van der Waals surface area contributed by atoms with Crippen molar-refractivity contribution in [1.29, 1.82) is 0 Å². The third-order valence-corrected chi connectivity index (χ3v) is 5.11. The summed E-state index contributed by atoms with van der Waals surface area (Å²) in [5.74, 6) is 0.413. The van der Waals surface area contributed by atoms with Crippen LogP contribution in [0.25, 0.3) is 0 Å². The Balaban J connectivity index is 1.49. The molecule has 12 heteroatoms. The molecule has 11 nitrogen and oxygen atoms in total. The molecule has 1 aliphatic rings. The normalized spacial score (nSPS) is 13.3. The van der Waals surface area contributed by atoms with E-state index in [2.05, 4.69) is 31.1 Å². The zero-order chi connectivity index (χ0) is 24.5. The highest BCUT2D eigenvalue weighted by atomic mass is 19.1. The molecule has 3 heterocycles. The first-order valence-electron chi connectivity index (χ1n) is 10.6. The third-order valence-electron chi connectivity index (χ3n) is 5.11. The number of urea groups is 2. The van der Waals surface area contributed by atoms with Crippen LogP contribution in [0, 0.1) is 5.82 Å². The van der Waals surface area contributed by atoms with Gasteiger partial charge in [-0.1, -0.05) is 25.9 Å². The van der Waals surface area contributed by atoms with E-state index >= 15 is 0 Å². The first kappa shape index (κ1) is 23.1. The number of amides is 4. The zero-order valence-electron chi connectivity index (χ0n) is 19.0. The van der Waals surface area contributed by atoms with Crippen LogP contribution in [0.4, 0.5) is 37.1 Å². The minimum atomic E-state index is -0.720. The minimum absolute atomic E-state index is 0.112. The Morgan fingerprint density at radius 3 is 2.79 bits per heavy atom. The first-order chi connectivity index (χ1) is 16.1. The van der Waals surface area contributed by atoms with Gasteiger partial charge in [-0.15, -0.1) is 0 Å². The monoisotopic (exact) mass is 468 g/mol. The minimum Gasteiger partial charge on any atom is -0.338 e. The highest BCUT2D eigenvalue weighted by molar-refractivity contribution is 6.04. The van der Waals surface area contributed by atoms with Crippen LogP contribution in [0.3, 0.4) is 0 Å². The molecule has 4 amide bonds. The first-order valence-corrected chi connectivity index (χ1v) is 10.6. The Kier molecular flexibility index (Phi) is 6.16. The SMILES string of the molecule is CC(C)(C)c1cc(NC(=O)Nc2cc(N3Cc4cnc(CCN)nc4NC3=O)ccc2F)on1. The molecule has 0 aliphatic carbocycles. The van der Waals surface area contributed by atoms with Gasteiger partial charge in [0.1, 0.15) is 17.5 Å². The number of halogens is 1. The van der Waals surface area contributed by atoms with Gasteiger partial charge in [0.15, 0.2) is 0 Å². The lowest BCUT2D eigenvalue weighted by Gasteiger charge is -2.29. The maximum atomic E-state index is 14.4. The summed E-state index contributed by atoms with van der Waals surface area (Å²) in [5, 5.41) is 11.6. The largest absolute Gasteiger partial charge is 0.338 e. The average molecular weight is 468 g/mol. The van der Waals surface area contributed by atoms with Crippen molar-refractivity contribution in [2.24, 2.45) is 5.73 Å². The summed E-state index contributed by atoms with van der Waals surface area (Å²) in [4.78, 5) is 35.1. The Bertz CT molecular complexity index is 1240. The molecule has 2 aromatic heterocycles. The van der Waals surface area contributed by atoms with Gasteiger partial charge < -0.3 is 15.6 Å². The van der Waals surface area contributed by atoms with Gasteiger partial charge in [-0.05, 0) is 24.7 Å². The second-order valence-electron chi connectivity index (χ2n) is 8.78. The number of carbonyl (C=O) groups is 2. The Hall–Kier alpha value is -4.06. The number of fused-ring (bicyclic) bond motifs is 1. The van der Waals surface area contributed by atoms with Crippen LogP contribution >= 0.6 is 0 Å². The maximum absolute atomic E-state index is 14.4. The van der Waals surface area contributed by atoms with Gasteiger partial charge >= 0.3 is 12.1 Å². The lowest BCUT2D eigenvalue weighted by molar-refractivity contribution is 0.255. The molecule has 0 unspecified atom stereocenters. The highest BCUT2D eigenvalue weighted by Gasteiger charge is 2.26. The van der Waals surface area contributed by atoms with Crippen molar-refractivity contribution in [2.75, 3.05) is 27.4 Å². The van der Waals surface area contributed by atoms with Crippen molar-refractivity contribution in [3.05, 3.63) is 53.4 Å². The van der Waals surface area contributed by atoms with E-state index in [0.29, 0.717) is 41.6 Å². The van der Waals surface area contributed by atoms with Gasteiger partial charge in [0.25, 0.3) is 0 Å². The van der Waals surface area contributed by atoms with Gasteiger partial charge in [0.2, 0.25) is 5.88 Å². The van der Waals surface area contributed by atoms with Gasteiger partial charge in [0.05, 0.1) is 17.9 Å². The van der Waals surface area contributed by atoms with E-state index in [1.165, 1.54) is 23.1 Å². The van der Waals surface area contributed by atoms with Crippen molar-refractivity contribution in [2.45, 2.75) is 39.2 Å². The van der Waals surface area contributed by atoms with E-state index in [1.807, 2.05) is 20.8 Å². The number of nitrogens with one attached hydrogen (secondary N) is 3. The molecule has 0 atom stereocenters. The lowest BCUT2D eigenvalue weighted by Crippen LogP contribution is -2.39. The van der Waals surface area contributed by atoms with Crippen molar-refractivity contribution >= 4 is 35.1 Å². The predicted molar refractivity (Wildman–Crippen MR) is 124 cm³/mol. The topological polar surface area (TPSA) is 151 Å². The molecular formula is C22H25FN8O3. The molecule has 1 aliphatic heterocycles. The molecule has 1 aromatic carbocycles. The molecule has 0 fully saturated rings. The predicted octanol–water partition coefficient (Wildman–Crippen LogP) is 3.60. The standard InChI is InChI=1S/C22H25FN8O3/c1-22(2,3)16-9-18(34-30-16)28-20(32)26-15-8-13(4-5-14(15)23)31-11-12-10-25-17(6-7-24)27-19(12)29-21(31)33/h4-5,8-10H,6-7,11,24H2,1-3H3,(H2,26,28,32)(H,25,27,29,33). The number of nitrogens with zero attached hydrogens (tertiary/aromatic N) is 4. The molecule has 0 saturated carbocycles. The van der Waals surface area contributed by atoms with Gasteiger partial charge in [-0.2, -0.15) is 0 Å². The summed E-state index contributed by atoms with van der Waals surface area (Å²) >= 11 is 0. The van der Waals surface area contributed by atoms with Gasteiger partial charge in [-0.25, -0.2) is 23.9 Å². The van der Waals surface area contributed by atoms with Gasteiger partial charge in [0, 0.05) is 35.3 Å². The fourth-order valence-electron chi connectivity index (χ4n) is 3.27. The zero-order valence-corrected chi connectivity index (χ0v) is 19.0. The van der Waals surface area contributed by atoms with E-state index < -0.39 is 17.9 Å². The maximum Gasteiger partial charge on any atom is 0.327 e. The number of aromatic nitrogens is 3. The average Bonchev–Trinajstić information content (AvgIpc) is 3.24. The van der Waals surface area contributed by atoms with Crippen LogP contribution < -0.4 is 26.6 Å². The number of carbonyl (C=O) groups excluding carboxylic acids is 2. The second kappa shape index (κ2) is 9.06. The Morgan fingerprint density at radius 2 is 2.09 bits per heavy atom. The fourth-order valence-corrected chi connectivity index (χ4v) is 3.27. The molecule has 4 rings (SSSR count). The third kappa shape index (κ3) is 4.96. The van der Waals surface area contributed by atoms with Crippen molar-refractivity contribution < 1.29 is 18.5 Å². The van der Waals surface area contributed by atoms with E-state index in [9.17, 15) is 14.0 Å². The molecule has 0 spiro atoms. The van der Waals surface area contributed by atoms with Crippen LogP contribution in [0.2, 0.25) is 0 Å². The number of anilines is 4. The van der Waals surface area contributed by atoms with E-state index in [1.54, 1.807) is 12.3 Å². The smallest absolute Gasteiger partial charge is 0.327 e. The number of hydrogen-bond donors (Lipinski definition) is 4. The summed E-state index contributed by atoms with van der Waals surface area (Å²) in [5.41, 5.74) is 6.89. The van der Waals surface area contributed by atoms with Crippen LogP contribution in [0.15, 0.2) is 35.0 Å². The van der Waals surface area contributed by atoms with E-state index in [-0.39, 0.29) is 23.5 Å². The quantitative estimate of drug-likeness (QED) is 0.446. The molecular weight excluding hydrogens is 443 g/mol. The number of benzene rings is 1. The fraction of sp³-hybridized carbons (Fsp3) is 0.318. The summed E-state index contributed by atoms with van der Waals surface area (Å²) in [6.45, 7) is 6.43. The lowest BCUT2D eigenvalue weighted by atomic mass is 9.92. The van der Waals surface area contributed by atoms with Crippen molar-refractivity contribution in [3.8, 4) is 0 Å². The number of rotatable bonds is 5. The van der Waals surface area contributed by atoms with Crippen LogP contribution in [0.1, 0.15) is 37.9 Å². The molecule has 34 heavy (non-hydrogen) atoms. The summed E-state index contributed by atoms with van der Waals surface area (Å²) in [6, 6.07) is 4.41. The Labute approximate surface area is 194 Å². The number of nitrogens with two attached hydrogens (primary N) is 1. The molecule has 0 saturated heterocycles. The van der Waals surface area contributed by atoms with E-state index in [0.717, 1.165) is 0 Å². The Morgan fingerprint density at radius 1 is 1.29 bits per heavy atom. The summed E-state index contributed by atoms with van der Waals surface area (Å²) in [6.07, 6.45) is 2.12. The summed E-state index contributed by atoms with van der Waals surface area (Å²) < 4.78 is 19.5. The molecule has 178 valence electrons. The van der Waals surface area contributed by atoms with Crippen LogP contribution in [-0.2, 0) is 18.4 Å². The van der Waals surface area contributed by atoms with E-state index in [4.69, 9.17) is 10.3 Å². The van der Waals surface area contributed by atoms with Crippen LogP contribution in [0.5, 0.6) is 0 Å². The highest BCUT2D eigenvalue weighted by Crippen LogP contribution is 2.29. The molecule has 0 bridgehead atoms. The summed E-state index contributed by atoms with van der Waals surface area (Å²) in [7, 11) is 0.